The van der Waals surface area contributed by atoms with E-state index < -0.39 is 10.8 Å². The molecule has 2 aromatic carbocycles. The number of aryl methyl sites for hydroxylation is 2. The van der Waals surface area contributed by atoms with Crippen molar-refractivity contribution >= 4 is 24.4 Å². The van der Waals surface area contributed by atoms with E-state index in [1.165, 1.54) is 0 Å². The van der Waals surface area contributed by atoms with Gasteiger partial charge >= 0.3 is 0 Å². The SMILES string of the molecule is CC(C)(C)c1cc(CCC=O)cc(C(C)(C)C(=O)NCCCCCCNC(=O)C(C)(C)c2cc(CCC=O)cc(C(C)(C)C)c2O)c1O. The standard InChI is InChI=1S/C40H60N2O6/c1-37(2,3)29-23-27(17-15-21-43)25-31(33(29)45)39(7,8)35(47)41-19-13-11-12-14-20-42-36(48)40(9,10)32-26-28(18-16-22-44)24-30(34(32)46)38(4,5)6/h21-26,45-46H,11-20H2,1-10H3,(H,41,47)(H,42,48). The maximum Gasteiger partial charge on any atom is 0.230 e. The fourth-order valence-electron chi connectivity index (χ4n) is 5.92. The number of hydrogen-bond donors (Lipinski definition) is 4. The van der Waals surface area contributed by atoms with Crippen LogP contribution in [-0.2, 0) is 53.7 Å². The Labute approximate surface area is 288 Å². The summed E-state index contributed by atoms with van der Waals surface area (Å²) in [5, 5.41) is 28.5. The second-order valence-electron chi connectivity index (χ2n) is 16.2. The van der Waals surface area contributed by atoms with Gasteiger partial charge in [0.05, 0.1) is 10.8 Å². The average Bonchev–Trinajstić information content (AvgIpc) is 2.99. The highest BCUT2D eigenvalue weighted by Gasteiger charge is 2.36. The van der Waals surface area contributed by atoms with Crippen molar-refractivity contribution in [3.63, 3.8) is 0 Å². The summed E-state index contributed by atoms with van der Waals surface area (Å²) in [4.78, 5) is 48.7. The summed E-state index contributed by atoms with van der Waals surface area (Å²) in [6.07, 6.45) is 6.89. The highest BCUT2D eigenvalue weighted by molar-refractivity contribution is 5.89. The van der Waals surface area contributed by atoms with E-state index in [0.717, 1.165) is 60.5 Å². The van der Waals surface area contributed by atoms with Crippen LogP contribution in [0.2, 0.25) is 0 Å². The molecule has 0 spiro atoms. The van der Waals surface area contributed by atoms with Gasteiger partial charge in [0, 0.05) is 37.1 Å². The van der Waals surface area contributed by atoms with Crippen LogP contribution in [0.5, 0.6) is 11.5 Å². The Morgan fingerprint density at radius 2 is 0.875 bits per heavy atom. The fourth-order valence-corrected chi connectivity index (χ4v) is 5.92. The van der Waals surface area contributed by atoms with Crippen molar-refractivity contribution in [3.05, 3.63) is 57.6 Å². The second kappa shape index (κ2) is 16.6. The van der Waals surface area contributed by atoms with E-state index in [2.05, 4.69) is 10.6 Å². The van der Waals surface area contributed by atoms with Gasteiger partial charge in [-0.05, 0) is 86.5 Å². The first-order chi connectivity index (χ1) is 22.2. The molecule has 2 rings (SSSR count). The molecule has 0 bridgehead atoms. The topological polar surface area (TPSA) is 133 Å². The third-order valence-corrected chi connectivity index (χ3v) is 9.21. The van der Waals surface area contributed by atoms with Crippen LogP contribution < -0.4 is 10.6 Å². The third kappa shape index (κ3) is 10.4. The molecule has 0 saturated heterocycles. The number of hydrogen-bond acceptors (Lipinski definition) is 6. The lowest BCUT2D eigenvalue weighted by molar-refractivity contribution is -0.126. The number of carbonyl (C=O) groups is 4. The van der Waals surface area contributed by atoms with Crippen molar-refractivity contribution in [1.82, 2.24) is 10.6 Å². The van der Waals surface area contributed by atoms with Crippen molar-refractivity contribution in [2.24, 2.45) is 0 Å². The molecule has 4 N–H and O–H groups in total. The molecule has 0 aliphatic carbocycles. The van der Waals surface area contributed by atoms with E-state index in [0.29, 0.717) is 49.9 Å². The average molecular weight is 665 g/mol. The molecular weight excluding hydrogens is 604 g/mol. The monoisotopic (exact) mass is 664 g/mol. The minimum absolute atomic E-state index is 0.123. The normalized spacial score (nSPS) is 12.5. The number of phenolic OH excluding ortho intramolecular Hbond substituents is 2. The molecule has 0 aliphatic rings. The van der Waals surface area contributed by atoms with Crippen molar-refractivity contribution < 1.29 is 29.4 Å². The quantitative estimate of drug-likeness (QED) is 0.106. The zero-order valence-electron chi connectivity index (χ0n) is 31.1. The van der Waals surface area contributed by atoms with Crippen molar-refractivity contribution in [1.29, 1.82) is 0 Å². The van der Waals surface area contributed by atoms with Crippen LogP contribution in [0.1, 0.15) is 141 Å². The molecule has 0 aromatic heterocycles. The van der Waals surface area contributed by atoms with E-state index in [9.17, 15) is 29.4 Å². The third-order valence-electron chi connectivity index (χ3n) is 9.21. The molecule has 8 nitrogen and oxygen atoms in total. The van der Waals surface area contributed by atoms with Crippen LogP contribution in [0.25, 0.3) is 0 Å². The molecule has 0 heterocycles. The van der Waals surface area contributed by atoms with Crippen molar-refractivity contribution in [2.45, 2.75) is 142 Å². The molecule has 0 saturated carbocycles. The molecular formula is C40H60N2O6. The summed E-state index contributed by atoms with van der Waals surface area (Å²) in [6.45, 7) is 20.3. The zero-order chi connectivity index (χ0) is 36.5. The highest BCUT2D eigenvalue weighted by Crippen LogP contribution is 2.42. The summed E-state index contributed by atoms with van der Waals surface area (Å²) in [5.41, 5.74) is 1.85. The number of phenols is 2. The van der Waals surface area contributed by atoms with Gasteiger partial charge in [0.2, 0.25) is 11.8 Å². The predicted molar refractivity (Wildman–Crippen MR) is 193 cm³/mol. The minimum atomic E-state index is -0.978. The van der Waals surface area contributed by atoms with Gasteiger partial charge in [0.1, 0.15) is 24.1 Å². The van der Waals surface area contributed by atoms with Crippen LogP contribution in [-0.4, -0.2) is 47.7 Å². The van der Waals surface area contributed by atoms with Gasteiger partial charge in [0.25, 0.3) is 0 Å². The van der Waals surface area contributed by atoms with Crippen LogP contribution in [0.4, 0.5) is 0 Å². The molecule has 2 amide bonds. The van der Waals surface area contributed by atoms with E-state index in [1.807, 2.05) is 93.5 Å². The number of carbonyl (C=O) groups excluding carboxylic acids is 4. The van der Waals surface area contributed by atoms with Gasteiger partial charge < -0.3 is 30.4 Å². The molecule has 0 radical (unpaired) electrons. The number of unbranched alkanes of at least 4 members (excludes halogenated alkanes) is 3. The molecule has 0 aliphatic heterocycles. The Kier molecular flexibility index (Phi) is 14.0. The minimum Gasteiger partial charge on any atom is -0.507 e. The number of aldehydes is 2. The number of amides is 2. The lowest BCUT2D eigenvalue weighted by Gasteiger charge is -2.30. The zero-order valence-corrected chi connectivity index (χ0v) is 31.1. The first-order valence-electron chi connectivity index (χ1n) is 17.4. The van der Waals surface area contributed by atoms with Gasteiger partial charge in [-0.15, -0.1) is 0 Å². The van der Waals surface area contributed by atoms with Gasteiger partial charge in [-0.1, -0.05) is 78.6 Å². The summed E-state index contributed by atoms with van der Waals surface area (Å²) in [6, 6.07) is 7.56. The van der Waals surface area contributed by atoms with Crippen molar-refractivity contribution in [2.75, 3.05) is 13.1 Å². The van der Waals surface area contributed by atoms with E-state index in [-0.39, 0.29) is 34.1 Å². The van der Waals surface area contributed by atoms with Gasteiger partial charge in [-0.2, -0.15) is 0 Å². The van der Waals surface area contributed by atoms with Crippen molar-refractivity contribution in [3.8, 4) is 11.5 Å². The number of aromatic hydroxyl groups is 2. The Bertz CT molecular complexity index is 1330. The largest absolute Gasteiger partial charge is 0.507 e. The molecule has 266 valence electrons. The van der Waals surface area contributed by atoms with Crippen LogP contribution in [0.15, 0.2) is 24.3 Å². The maximum absolute atomic E-state index is 13.3. The smallest absolute Gasteiger partial charge is 0.230 e. The van der Waals surface area contributed by atoms with Crippen LogP contribution >= 0.6 is 0 Å². The predicted octanol–water partition coefficient (Wildman–Crippen LogP) is 7.00. The summed E-state index contributed by atoms with van der Waals surface area (Å²) in [7, 11) is 0. The highest BCUT2D eigenvalue weighted by atomic mass is 16.3. The number of nitrogens with one attached hydrogen (secondary N) is 2. The lowest BCUT2D eigenvalue weighted by Crippen LogP contribution is -2.41. The number of benzene rings is 2. The van der Waals surface area contributed by atoms with E-state index >= 15 is 0 Å². The Balaban J connectivity index is 1.94. The lowest BCUT2D eigenvalue weighted by atomic mass is 9.76. The molecule has 8 heteroatoms. The first kappa shape index (κ1) is 40.5. The summed E-state index contributed by atoms with van der Waals surface area (Å²) < 4.78 is 0. The Hall–Kier alpha value is -3.68. The first-order valence-corrected chi connectivity index (χ1v) is 17.4. The molecule has 48 heavy (non-hydrogen) atoms. The van der Waals surface area contributed by atoms with Gasteiger partial charge in [-0.3, -0.25) is 9.59 Å². The Morgan fingerprint density at radius 3 is 1.17 bits per heavy atom. The van der Waals surface area contributed by atoms with Crippen LogP contribution in [0.3, 0.4) is 0 Å². The molecule has 0 atom stereocenters. The van der Waals surface area contributed by atoms with E-state index in [1.54, 1.807) is 0 Å². The van der Waals surface area contributed by atoms with Crippen LogP contribution in [0, 0.1) is 0 Å². The number of rotatable bonds is 17. The summed E-state index contributed by atoms with van der Waals surface area (Å²) >= 11 is 0. The van der Waals surface area contributed by atoms with Gasteiger partial charge in [0.15, 0.2) is 0 Å². The molecule has 2 aromatic rings. The fraction of sp³-hybridized carbons (Fsp3) is 0.600. The maximum atomic E-state index is 13.3. The second-order valence-corrected chi connectivity index (χ2v) is 16.2. The summed E-state index contributed by atoms with van der Waals surface area (Å²) in [5.74, 6) is -0.100. The van der Waals surface area contributed by atoms with E-state index in [4.69, 9.17) is 0 Å². The Morgan fingerprint density at radius 1 is 0.562 bits per heavy atom. The van der Waals surface area contributed by atoms with Gasteiger partial charge in [-0.25, -0.2) is 0 Å². The molecule has 0 fully saturated rings. The molecule has 0 unspecified atom stereocenters.